The Morgan fingerprint density at radius 2 is 1.47 bits per heavy atom. The Kier molecular flexibility index (Phi) is 7.87. The van der Waals surface area contributed by atoms with Crippen LogP contribution in [0.3, 0.4) is 0 Å². The SMILES string of the molecule is Cc1ccc(N)c(SCc2ccc(C3=c4ccccc4=C(c4ccc(-c5nc6ccc(C)cc6s5)cc4)C4CCC(C)C=C34)cc2)c1. The van der Waals surface area contributed by atoms with Crippen molar-refractivity contribution in [2.45, 2.75) is 44.3 Å². The smallest absolute Gasteiger partial charge is 0.124 e. The second kappa shape index (κ2) is 12.3. The Hall–Kier alpha value is -4.38. The van der Waals surface area contributed by atoms with Crippen LogP contribution in [-0.2, 0) is 5.75 Å². The number of allylic oxidation sites excluding steroid dienone is 2. The largest absolute Gasteiger partial charge is 0.398 e. The molecule has 0 amide bonds. The molecular weight excluding hydrogens is 609 g/mol. The summed E-state index contributed by atoms with van der Waals surface area (Å²) in [6.07, 6.45) is 4.92. The summed E-state index contributed by atoms with van der Waals surface area (Å²) in [4.78, 5) is 6.11. The third kappa shape index (κ3) is 5.75. The van der Waals surface area contributed by atoms with E-state index >= 15 is 0 Å². The van der Waals surface area contributed by atoms with Crippen LogP contribution in [0.15, 0.2) is 126 Å². The molecule has 0 radical (unpaired) electrons. The number of fused-ring (bicyclic) bond motifs is 3. The minimum absolute atomic E-state index is 0.368. The Balaban J connectivity index is 1.19. The van der Waals surface area contributed by atoms with Crippen molar-refractivity contribution in [3.63, 3.8) is 0 Å². The second-order valence-electron chi connectivity index (χ2n) is 13.2. The average molecular weight is 647 g/mol. The maximum atomic E-state index is 6.27. The third-order valence-electron chi connectivity index (χ3n) is 9.67. The van der Waals surface area contributed by atoms with Gasteiger partial charge in [-0.1, -0.05) is 97.9 Å². The van der Waals surface area contributed by atoms with Crippen LogP contribution in [0.2, 0.25) is 0 Å². The minimum atomic E-state index is 0.368. The van der Waals surface area contributed by atoms with Gasteiger partial charge >= 0.3 is 0 Å². The molecule has 1 heterocycles. The van der Waals surface area contributed by atoms with Crippen molar-refractivity contribution in [1.29, 1.82) is 0 Å². The fraction of sp³-hybridized carbons (Fsp3) is 0.186. The number of aryl methyl sites for hydroxylation is 2. The molecule has 47 heavy (non-hydrogen) atoms. The van der Waals surface area contributed by atoms with Crippen LogP contribution in [0.1, 0.15) is 47.6 Å². The van der Waals surface area contributed by atoms with Crippen LogP contribution in [0.5, 0.6) is 0 Å². The monoisotopic (exact) mass is 646 g/mol. The third-order valence-corrected chi connectivity index (χ3v) is 11.9. The van der Waals surface area contributed by atoms with Crippen molar-refractivity contribution in [3.8, 4) is 10.6 Å². The van der Waals surface area contributed by atoms with Crippen LogP contribution in [0.25, 0.3) is 31.9 Å². The van der Waals surface area contributed by atoms with Gasteiger partial charge in [0, 0.05) is 27.8 Å². The second-order valence-corrected chi connectivity index (χ2v) is 15.2. The van der Waals surface area contributed by atoms with E-state index in [0.717, 1.165) is 33.3 Å². The molecule has 2 aliphatic carbocycles. The van der Waals surface area contributed by atoms with Crippen molar-refractivity contribution in [1.82, 2.24) is 4.98 Å². The van der Waals surface area contributed by atoms with Crippen molar-refractivity contribution in [2.24, 2.45) is 11.8 Å². The lowest BCUT2D eigenvalue weighted by molar-refractivity contribution is 0.522. The summed E-state index contributed by atoms with van der Waals surface area (Å²) in [6, 6.07) is 40.3. The van der Waals surface area contributed by atoms with E-state index in [2.05, 4.69) is 130 Å². The normalized spacial score (nSPS) is 17.4. The summed E-state index contributed by atoms with van der Waals surface area (Å²) >= 11 is 3.59. The van der Waals surface area contributed by atoms with Gasteiger partial charge in [0.1, 0.15) is 5.01 Å². The Morgan fingerprint density at radius 1 is 0.766 bits per heavy atom. The summed E-state index contributed by atoms with van der Waals surface area (Å²) in [5.41, 5.74) is 20.1. The van der Waals surface area contributed by atoms with Crippen molar-refractivity contribution < 1.29 is 0 Å². The molecule has 2 N–H and O–H groups in total. The first-order valence-electron chi connectivity index (χ1n) is 16.5. The molecule has 232 valence electrons. The molecule has 0 bridgehead atoms. The van der Waals surface area contributed by atoms with E-state index in [9.17, 15) is 0 Å². The highest BCUT2D eigenvalue weighted by atomic mass is 32.2. The summed E-state index contributed by atoms with van der Waals surface area (Å²) in [6.45, 7) is 6.63. The summed E-state index contributed by atoms with van der Waals surface area (Å²) < 4.78 is 1.25. The standard InChI is InChI=1S/C43H38N2S2/c1-26-8-19-35-36(22-26)42(30-13-11-29(12-14-30)25-46-39-23-27(2)9-20-37(39)44)34-7-5-4-6-33(34)41(35)31-15-17-32(18-16-31)43-45-38-21-10-28(3)24-40(38)47-43/h4-7,9-18,20-24,26,35H,8,19,25,44H2,1-3H3. The molecule has 0 fully saturated rings. The molecule has 0 saturated carbocycles. The van der Waals surface area contributed by atoms with Gasteiger partial charge < -0.3 is 5.73 Å². The molecule has 8 rings (SSSR count). The molecule has 6 aromatic rings. The number of nitrogen functional groups attached to an aromatic ring is 1. The number of hydrogen-bond acceptors (Lipinski definition) is 4. The molecule has 1 aromatic heterocycles. The van der Waals surface area contributed by atoms with E-state index in [0.29, 0.717) is 11.8 Å². The lowest BCUT2D eigenvalue weighted by atomic mass is 9.69. The van der Waals surface area contributed by atoms with E-state index in [-0.39, 0.29) is 0 Å². The molecule has 0 saturated heterocycles. The molecule has 2 unspecified atom stereocenters. The summed E-state index contributed by atoms with van der Waals surface area (Å²) in [5.74, 6) is 1.82. The zero-order chi connectivity index (χ0) is 32.1. The topological polar surface area (TPSA) is 38.9 Å². The van der Waals surface area contributed by atoms with Gasteiger partial charge in [-0.3, -0.25) is 0 Å². The quantitative estimate of drug-likeness (QED) is 0.145. The number of aromatic nitrogens is 1. The minimum Gasteiger partial charge on any atom is -0.398 e. The molecule has 2 aliphatic rings. The van der Waals surface area contributed by atoms with Crippen molar-refractivity contribution >= 4 is 50.1 Å². The number of rotatable bonds is 6. The van der Waals surface area contributed by atoms with E-state index in [1.807, 2.05) is 17.8 Å². The van der Waals surface area contributed by atoms with Crippen LogP contribution in [-0.4, -0.2) is 4.98 Å². The van der Waals surface area contributed by atoms with Gasteiger partial charge in [0.25, 0.3) is 0 Å². The van der Waals surface area contributed by atoms with Crippen LogP contribution < -0.4 is 16.2 Å². The fourth-order valence-corrected chi connectivity index (χ4v) is 9.34. The van der Waals surface area contributed by atoms with E-state index in [1.54, 1.807) is 11.3 Å². The lowest BCUT2D eigenvalue weighted by Crippen LogP contribution is -2.38. The first-order valence-corrected chi connectivity index (χ1v) is 18.3. The number of benzene rings is 5. The molecule has 4 heteroatoms. The summed E-state index contributed by atoms with van der Waals surface area (Å²) in [5, 5.41) is 3.77. The van der Waals surface area contributed by atoms with Gasteiger partial charge in [-0.25, -0.2) is 4.98 Å². The number of thiazole rings is 1. The predicted octanol–water partition coefficient (Wildman–Crippen LogP) is 9.84. The molecule has 2 atom stereocenters. The van der Waals surface area contributed by atoms with Crippen LogP contribution >= 0.6 is 23.1 Å². The van der Waals surface area contributed by atoms with Gasteiger partial charge in [-0.15, -0.1) is 23.1 Å². The molecule has 0 aliphatic heterocycles. The zero-order valence-electron chi connectivity index (χ0n) is 27.1. The summed E-state index contributed by atoms with van der Waals surface area (Å²) in [7, 11) is 0. The van der Waals surface area contributed by atoms with Crippen molar-refractivity contribution in [2.75, 3.05) is 5.73 Å². The number of thioether (sulfide) groups is 1. The Morgan fingerprint density at radius 3 is 2.28 bits per heavy atom. The highest BCUT2D eigenvalue weighted by molar-refractivity contribution is 7.98. The number of hydrogen-bond donors (Lipinski definition) is 1. The predicted molar refractivity (Wildman–Crippen MR) is 202 cm³/mol. The van der Waals surface area contributed by atoms with Gasteiger partial charge in [0.05, 0.1) is 10.2 Å². The molecular formula is C43H38N2S2. The van der Waals surface area contributed by atoms with Crippen LogP contribution in [0, 0.1) is 25.7 Å². The lowest BCUT2D eigenvalue weighted by Gasteiger charge is -2.34. The number of anilines is 1. The van der Waals surface area contributed by atoms with Gasteiger partial charge in [-0.05, 0) is 112 Å². The fourth-order valence-electron chi connectivity index (χ4n) is 7.25. The highest BCUT2D eigenvalue weighted by Crippen LogP contribution is 2.44. The number of nitrogens with two attached hydrogens (primary N) is 1. The maximum Gasteiger partial charge on any atom is 0.124 e. The molecule has 2 nitrogen and oxygen atoms in total. The van der Waals surface area contributed by atoms with E-state index in [4.69, 9.17) is 10.7 Å². The van der Waals surface area contributed by atoms with Gasteiger partial charge in [0.15, 0.2) is 0 Å². The van der Waals surface area contributed by atoms with E-state index < -0.39 is 0 Å². The molecule has 5 aromatic carbocycles. The number of nitrogens with zero attached hydrogens (tertiary/aromatic N) is 1. The highest BCUT2D eigenvalue weighted by Gasteiger charge is 2.31. The first kappa shape index (κ1) is 30.0. The first-order chi connectivity index (χ1) is 22.9. The molecule has 0 spiro atoms. The van der Waals surface area contributed by atoms with Gasteiger partial charge in [-0.2, -0.15) is 0 Å². The maximum absolute atomic E-state index is 6.27. The van der Waals surface area contributed by atoms with Crippen LogP contribution in [0.4, 0.5) is 5.69 Å². The van der Waals surface area contributed by atoms with Gasteiger partial charge in [0.2, 0.25) is 0 Å². The zero-order valence-corrected chi connectivity index (χ0v) is 28.7. The van der Waals surface area contributed by atoms with Crippen molar-refractivity contribution in [3.05, 3.63) is 159 Å². The average Bonchev–Trinajstić information content (AvgIpc) is 3.51. The Bertz CT molecular complexity index is 2290. The Labute approximate surface area is 285 Å². The van der Waals surface area contributed by atoms with E-state index in [1.165, 1.54) is 71.7 Å².